The van der Waals surface area contributed by atoms with Crippen molar-refractivity contribution in [1.82, 2.24) is 0 Å². The highest BCUT2D eigenvalue weighted by atomic mass is 16.1. The maximum Gasteiger partial charge on any atom is 0.255 e. The Balaban J connectivity index is 2.92. The van der Waals surface area contributed by atoms with Crippen molar-refractivity contribution in [1.29, 1.82) is 5.26 Å². The van der Waals surface area contributed by atoms with Crippen molar-refractivity contribution < 1.29 is 4.79 Å². The minimum Gasteiger partial charge on any atom is -0.322 e. The van der Waals surface area contributed by atoms with Gasteiger partial charge in [-0.05, 0) is 52.0 Å². The number of benzene rings is 1. The third-order valence-corrected chi connectivity index (χ3v) is 2.49. The standard InChI is InChI=1S/C16H18N2O/c1-11(2)9-15(12(3)4)16(19)18-14-7-5-13(10-17)6-8-14/h5-9H,1-4H3,(H,18,19). The van der Waals surface area contributed by atoms with Crippen molar-refractivity contribution in [3.8, 4) is 6.07 Å². The van der Waals surface area contributed by atoms with Gasteiger partial charge >= 0.3 is 0 Å². The van der Waals surface area contributed by atoms with Crippen LogP contribution in [0.2, 0.25) is 0 Å². The second-order valence-corrected chi connectivity index (χ2v) is 4.78. The van der Waals surface area contributed by atoms with Crippen LogP contribution in [0.4, 0.5) is 5.69 Å². The summed E-state index contributed by atoms with van der Waals surface area (Å²) in [5.41, 5.74) is 3.97. The van der Waals surface area contributed by atoms with Crippen molar-refractivity contribution in [2.24, 2.45) is 0 Å². The highest BCUT2D eigenvalue weighted by Gasteiger charge is 2.09. The molecule has 0 aliphatic carbocycles. The van der Waals surface area contributed by atoms with Crippen LogP contribution in [0, 0.1) is 11.3 Å². The lowest BCUT2D eigenvalue weighted by Gasteiger charge is -2.08. The molecule has 1 rings (SSSR count). The third kappa shape index (κ3) is 4.44. The molecule has 0 spiro atoms. The highest BCUT2D eigenvalue weighted by Crippen LogP contribution is 2.14. The second-order valence-electron chi connectivity index (χ2n) is 4.78. The van der Waals surface area contributed by atoms with Crippen molar-refractivity contribution in [3.63, 3.8) is 0 Å². The second kappa shape index (κ2) is 6.55. The van der Waals surface area contributed by atoms with Crippen LogP contribution in [0.25, 0.3) is 0 Å². The Hall–Kier alpha value is -2.34. The molecule has 98 valence electrons. The molecule has 0 aromatic heterocycles. The van der Waals surface area contributed by atoms with Crippen LogP contribution in [0.1, 0.15) is 33.3 Å². The van der Waals surface area contributed by atoms with Gasteiger partial charge in [0, 0.05) is 11.3 Å². The predicted molar refractivity (Wildman–Crippen MR) is 77.6 cm³/mol. The van der Waals surface area contributed by atoms with Gasteiger partial charge in [0.05, 0.1) is 11.6 Å². The molecule has 19 heavy (non-hydrogen) atoms. The molecule has 0 unspecified atom stereocenters. The van der Waals surface area contributed by atoms with E-state index >= 15 is 0 Å². The number of nitrogens with one attached hydrogen (secondary N) is 1. The van der Waals surface area contributed by atoms with Gasteiger partial charge in [-0.3, -0.25) is 4.79 Å². The van der Waals surface area contributed by atoms with Gasteiger partial charge in [-0.25, -0.2) is 0 Å². The van der Waals surface area contributed by atoms with E-state index in [1.807, 2.05) is 39.8 Å². The van der Waals surface area contributed by atoms with E-state index in [1.165, 1.54) is 0 Å². The number of carbonyl (C=O) groups is 1. The van der Waals surface area contributed by atoms with E-state index in [-0.39, 0.29) is 5.91 Å². The third-order valence-electron chi connectivity index (χ3n) is 2.49. The molecule has 0 radical (unpaired) electrons. The number of hydrogen-bond donors (Lipinski definition) is 1. The summed E-state index contributed by atoms with van der Waals surface area (Å²) in [7, 11) is 0. The zero-order valence-corrected chi connectivity index (χ0v) is 11.7. The summed E-state index contributed by atoms with van der Waals surface area (Å²) in [6, 6.07) is 8.85. The quantitative estimate of drug-likeness (QED) is 0.659. The Morgan fingerprint density at radius 2 is 1.74 bits per heavy atom. The van der Waals surface area contributed by atoms with Crippen LogP contribution in [-0.4, -0.2) is 5.91 Å². The van der Waals surface area contributed by atoms with Gasteiger partial charge in [0.25, 0.3) is 5.91 Å². The van der Waals surface area contributed by atoms with Crippen LogP contribution >= 0.6 is 0 Å². The fourth-order valence-corrected chi connectivity index (χ4v) is 1.55. The van der Waals surface area contributed by atoms with Gasteiger partial charge in [-0.1, -0.05) is 17.2 Å². The maximum atomic E-state index is 12.2. The Morgan fingerprint density at radius 1 is 1.16 bits per heavy atom. The number of amides is 1. The molecule has 0 saturated heterocycles. The molecule has 1 aromatic rings. The van der Waals surface area contributed by atoms with Gasteiger partial charge in [-0.2, -0.15) is 5.26 Å². The molecule has 3 heteroatoms. The minimum absolute atomic E-state index is 0.133. The van der Waals surface area contributed by atoms with Gasteiger partial charge in [-0.15, -0.1) is 0 Å². The summed E-state index contributed by atoms with van der Waals surface area (Å²) >= 11 is 0. The molecule has 0 bridgehead atoms. The molecule has 0 saturated carbocycles. The average Bonchev–Trinajstić information content (AvgIpc) is 2.36. The number of nitriles is 1. The number of carbonyl (C=O) groups excluding carboxylic acids is 1. The van der Waals surface area contributed by atoms with Crippen molar-refractivity contribution >= 4 is 11.6 Å². The Kier molecular flexibility index (Phi) is 5.08. The molecule has 1 N–H and O–H groups in total. The molecule has 0 aliphatic heterocycles. The first-order valence-corrected chi connectivity index (χ1v) is 6.08. The van der Waals surface area contributed by atoms with Crippen LogP contribution in [0.3, 0.4) is 0 Å². The monoisotopic (exact) mass is 254 g/mol. The summed E-state index contributed by atoms with van der Waals surface area (Å²) in [5.74, 6) is -0.133. The lowest BCUT2D eigenvalue weighted by molar-refractivity contribution is -0.112. The number of anilines is 1. The van der Waals surface area contributed by atoms with Crippen LogP contribution < -0.4 is 5.32 Å². The van der Waals surface area contributed by atoms with Crippen LogP contribution in [0.5, 0.6) is 0 Å². The molecular formula is C16H18N2O. The average molecular weight is 254 g/mol. The van der Waals surface area contributed by atoms with E-state index < -0.39 is 0 Å². The zero-order chi connectivity index (χ0) is 14.4. The van der Waals surface area contributed by atoms with E-state index in [0.717, 1.165) is 11.1 Å². The summed E-state index contributed by atoms with van der Waals surface area (Å²) < 4.78 is 0. The molecule has 1 amide bonds. The lowest BCUT2D eigenvalue weighted by atomic mass is 10.1. The summed E-state index contributed by atoms with van der Waals surface area (Å²) in [5, 5.41) is 11.5. The molecular weight excluding hydrogens is 236 g/mol. The Morgan fingerprint density at radius 3 is 2.16 bits per heavy atom. The molecule has 0 heterocycles. The van der Waals surface area contributed by atoms with E-state index in [1.54, 1.807) is 24.3 Å². The first-order chi connectivity index (χ1) is 8.93. The summed E-state index contributed by atoms with van der Waals surface area (Å²) in [6.45, 7) is 7.73. The smallest absolute Gasteiger partial charge is 0.255 e. The molecule has 0 fully saturated rings. The Labute approximate surface area is 114 Å². The number of hydrogen-bond acceptors (Lipinski definition) is 2. The normalized spacial score (nSPS) is 9.21. The first-order valence-electron chi connectivity index (χ1n) is 6.08. The number of allylic oxidation sites excluding steroid dienone is 2. The van der Waals surface area contributed by atoms with Crippen LogP contribution in [0.15, 0.2) is 47.1 Å². The van der Waals surface area contributed by atoms with Gasteiger partial charge < -0.3 is 5.32 Å². The van der Waals surface area contributed by atoms with Crippen molar-refractivity contribution in [3.05, 3.63) is 52.6 Å². The predicted octanol–water partition coefficient (Wildman–Crippen LogP) is 3.80. The first kappa shape index (κ1) is 14.7. The van der Waals surface area contributed by atoms with Gasteiger partial charge in [0.1, 0.15) is 0 Å². The topological polar surface area (TPSA) is 52.9 Å². The SMILES string of the molecule is CC(C)=CC(C(=O)Nc1ccc(C#N)cc1)=C(C)C. The van der Waals surface area contributed by atoms with E-state index in [0.29, 0.717) is 16.8 Å². The molecule has 0 aliphatic rings. The lowest BCUT2D eigenvalue weighted by Crippen LogP contribution is -2.14. The minimum atomic E-state index is -0.133. The van der Waals surface area contributed by atoms with E-state index in [4.69, 9.17) is 5.26 Å². The summed E-state index contributed by atoms with van der Waals surface area (Å²) in [4.78, 5) is 12.2. The maximum absolute atomic E-state index is 12.2. The van der Waals surface area contributed by atoms with Crippen molar-refractivity contribution in [2.45, 2.75) is 27.7 Å². The van der Waals surface area contributed by atoms with Crippen molar-refractivity contribution in [2.75, 3.05) is 5.32 Å². The van der Waals surface area contributed by atoms with Gasteiger partial charge in [0.2, 0.25) is 0 Å². The summed E-state index contributed by atoms with van der Waals surface area (Å²) in [6.07, 6.45) is 1.87. The zero-order valence-electron chi connectivity index (χ0n) is 11.7. The van der Waals surface area contributed by atoms with E-state index in [2.05, 4.69) is 5.32 Å². The fraction of sp³-hybridized carbons (Fsp3) is 0.250. The highest BCUT2D eigenvalue weighted by molar-refractivity contribution is 6.06. The largest absolute Gasteiger partial charge is 0.322 e. The van der Waals surface area contributed by atoms with E-state index in [9.17, 15) is 4.79 Å². The molecule has 1 aromatic carbocycles. The number of nitrogens with zero attached hydrogens (tertiary/aromatic N) is 1. The number of rotatable bonds is 3. The molecule has 3 nitrogen and oxygen atoms in total. The fourth-order valence-electron chi connectivity index (χ4n) is 1.55. The van der Waals surface area contributed by atoms with Crippen LogP contribution in [-0.2, 0) is 4.79 Å². The Bertz CT molecular complexity index is 564. The molecule has 0 atom stereocenters. The van der Waals surface area contributed by atoms with Gasteiger partial charge in [0.15, 0.2) is 0 Å².